The molecule has 0 saturated carbocycles. The Balaban J connectivity index is 1.75. The van der Waals surface area contributed by atoms with Crippen LogP contribution in [0.1, 0.15) is 17.3 Å². The molecule has 3 aromatic rings. The number of nitrogen functional groups attached to an aromatic ring is 1. The minimum atomic E-state index is -1.13. The Morgan fingerprint density at radius 2 is 1.82 bits per heavy atom. The normalized spacial score (nSPS) is 11.6. The van der Waals surface area contributed by atoms with Crippen molar-refractivity contribution in [1.29, 1.82) is 0 Å². The lowest BCUT2D eigenvalue weighted by molar-refractivity contribution is -0.384. The molecule has 3 N–H and O–H groups in total. The molecule has 0 aromatic heterocycles. The Bertz CT molecular complexity index is 1080. The van der Waals surface area contributed by atoms with Crippen molar-refractivity contribution in [2.24, 2.45) is 0 Å². The number of carbonyl (C=O) groups is 2. The van der Waals surface area contributed by atoms with Crippen LogP contribution in [0.2, 0.25) is 0 Å². The highest BCUT2D eigenvalue weighted by Crippen LogP contribution is 2.24. The quantitative estimate of drug-likeness (QED) is 0.302. The first-order valence-corrected chi connectivity index (χ1v) is 8.40. The number of nitro benzene ring substituents is 1. The van der Waals surface area contributed by atoms with Gasteiger partial charge in [-0.3, -0.25) is 14.9 Å². The number of ether oxygens (including phenoxy) is 1. The van der Waals surface area contributed by atoms with Gasteiger partial charge in [0.1, 0.15) is 0 Å². The fraction of sp³-hybridized carbons (Fsp3) is 0.100. The minimum Gasteiger partial charge on any atom is -0.449 e. The summed E-state index contributed by atoms with van der Waals surface area (Å²) in [5, 5.41) is 15.4. The van der Waals surface area contributed by atoms with Crippen LogP contribution in [-0.2, 0) is 9.53 Å². The van der Waals surface area contributed by atoms with Gasteiger partial charge in [-0.25, -0.2) is 4.79 Å². The predicted octanol–water partition coefficient (Wildman–Crippen LogP) is 3.51. The molecule has 8 nitrogen and oxygen atoms in total. The molecule has 3 rings (SSSR count). The molecule has 0 bridgehead atoms. The summed E-state index contributed by atoms with van der Waals surface area (Å²) in [5.74, 6) is -1.45. The van der Waals surface area contributed by atoms with Crippen molar-refractivity contribution < 1.29 is 19.2 Å². The molecule has 0 saturated heterocycles. The number of rotatable bonds is 5. The molecule has 0 aliphatic carbocycles. The summed E-state index contributed by atoms with van der Waals surface area (Å²) in [6.45, 7) is 1.41. The van der Waals surface area contributed by atoms with E-state index >= 15 is 0 Å². The van der Waals surface area contributed by atoms with Gasteiger partial charge in [0.05, 0.1) is 10.5 Å². The first-order valence-electron chi connectivity index (χ1n) is 8.40. The van der Waals surface area contributed by atoms with Gasteiger partial charge < -0.3 is 15.8 Å². The van der Waals surface area contributed by atoms with Crippen LogP contribution in [-0.4, -0.2) is 22.9 Å². The number of anilines is 2. The van der Waals surface area contributed by atoms with Gasteiger partial charge in [0.2, 0.25) is 0 Å². The molecule has 0 radical (unpaired) electrons. The Morgan fingerprint density at radius 1 is 1.11 bits per heavy atom. The number of nitro groups is 1. The Hall–Kier alpha value is -3.94. The molecule has 0 spiro atoms. The number of esters is 1. The number of amides is 1. The van der Waals surface area contributed by atoms with Crippen molar-refractivity contribution in [1.82, 2.24) is 0 Å². The molecule has 3 aromatic carbocycles. The molecule has 0 aliphatic rings. The van der Waals surface area contributed by atoms with Gasteiger partial charge >= 0.3 is 5.97 Å². The molecular formula is C20H17N3O5. The molecule has 1 amide bonds. The number of nitrogens with one attached hydrogen (secondary N) is 1. The fourth-order valence-corrected chi connectivity index (χ4v) is 2.68. The number of fused-ring (bicyclic) bond motifs is 1. The van der Waals surface area contributed by atoms with Crippen molar-refractivity contribution in [3.8, 4) is 0 Å². The predicted molar refractivity (Wildman–Crippen MR) is 105 cm³/mol. The lowest BCUT2D eigenvalue weighted by Gasteiger charge is -2.15. The molecule has 0 heterocycles. The highest BCUT2D eigenvalue weighted by molar-refractivity contribution is 6.04. The molecule has 0 aliphatic heterocycles. The van der Waals surface area contributed by atoms with Crippen LogP contribution in [0.5, 0.6) is 0 Å². The van der Waals surface area contributed by atoms with E-state index in [1.54, 1.807) is 12.1 Å². The van der Waals surface area contributed by atoms with Crippen LogP contribution in [0.15, 0.2) is 60.7 Å². The summed E-state index contributed by atoms with van der Waals surface area (Å²) in [4.78, 5) is 35.0. The van der Waals surface area contributed by atoms with Gasteiger partial charge in [-0.2, -0.15) is 0 Å². The lowest BCUT2D eigenvalue weighted by atomic mass is 10.1. The minimum absolute atomic E-state index is 0.0252. The third kappa shape index (κ3) is 3.90. The van der Waals surface area contributed by atoms with E-state index in [0.717, 1.165) is 16.8 Å². The highest BCUT2D eigenvalue weighted by atomic mass is 16.6. The largest absolute Gasteiger partial charge is 0.449 e. The van der Waals surface area contributed by atoms with Crippen LogP contribution in [0, 0.1) is 10.1 Å². The lowest BCUT2D eigenvalue weighted by Crippen LogP contribution is -2.30. The second-order valence-electron chi connectivity index (χ2n) is 6.09. The molecule has 0 unspecified atom stereocenters. The maximum absolute atomic E-state index is 12.5. The Kier molecular flexibility index (Phi) is 5.21. The summed E-state index contributed by atoms with van der Waals surface area (Å²) in [6, 6.07) is 16.4. The van der Waals surface area contributed by atoms with Crippen LogP contribution in [0.3, 0.4) is 0 Å². The van der Waals surface area contributed by atoms with E-state index < -0.39 is 22.9 Å². The number of carbonyl (C=O) groups excluding carboxylic acids is 2. The SMILES string of the molecule is C[C@H](OC(=O)c1cc([N+](=O)[O-])ccc1N)C(=O)Nc1cccc2ccccc12. The maximum atomic E-state index is 12.5. The second kappa shape index (κ2) is 7.75. The van der Waals surface area contributed by atoms with Crippen molar-refractivity contribution >= 4 is 39.7 Å². The van der Waals surface area contributed by atoms with E-state index in [1.807, 2.05) is 30.3 Å². The molecular weight excluding hydrogens is 362 g/mol. The average Bonchev–Trinajstić information content (AvgIpc) is 2.68. The summed E-state index contributed by atoms with van der Waals surface area (Å²) >= 11 is 0. The van der Waals surface area contributed by atoms with Crippen molar-refractivity contribution in [3.05, 3.63) is 76.3 Å². The van der Waals surface area contributed by atoms with Gasteiger partial charge in [-0.05, 0) is 24.4 Å². The number of hydrogen-bond acceptors (Lipinski definition) is 6. The van der Waals surface area contributed by atoms with Crippen LogP contribution >= 0.6 is 0 Å². The fourth-order valence-electron chi connectivity index (χ4n) is 2.68. The van der Waals surface area contributed by atoms with Crippen molar-refractivity contribution in [2.75, 3.05) is 11.1 Å². The van der Waals surface area contributed by atoms with E-state index in [0.29, 0.717) is 5.69 Å². The highest BCUT2D eigenvalue weighted by Gasteiger charge is 2.22. The number of non-ortho nitro benzene ring substituents is 1. The maximum Gasteiger partial charge on any atom is 0.341 e. The molecule has 28 heavy (non-hydrogen) atoms. The smallest absolute Gasteiger partial charge is 0.341 e. The van der Waals surface area contributed by atoms with E-state index in [2.05, 4.69) is 5.32 Å². The summed E-state index contributed by atoms with van der Waals surface area (Å²) < 4.78 is 5.14. The van der Waals surface area contributed by atoms with Gasteiger partial charge in [-0.1, -0.05) is 36.4 Å². The summed E-state index contributed by atoms with van der Waals surface area (Å²) in [7, 11) is 0. The van der Waals surface area contributed by atoms with Crippen LogP contribution in [0.4, 0.5) is 17.1 Å². The Morgan fingerprint density at radius 3 is 2.57 bits per heavy atom. The van der Waals surface area contributed by atoms with Gasteiger partial charge in [0.25, 0.3) is 11.6 Å². The van der Waals surface area contributed by atoms with Crippen molar-refractivity contribution in [3.63, 3.8) is 0 Å². The molecule has 0 fully saturated rings. The van der Waals surface area contributed by atoms with Gasteiger partial charge in [-0.15, -0.1) is 0 Å². The molecule has 8 heteroatoms. The topological polar surface area (TPSA) is 125 Å². The van der Waals surface area contributed by atoms with E-state index in [9.17, 15) is 19.7 Å². The third-order valence-corrected chi connectivity index (χ3v) is 4.17. The van der Waals surface area contributed by atoms with E-state index in [-0.39, 0.29) is 16.9 Å². The number of nitrogens with two attached hydrogens (primary N) is 1. The summed E-state index contributed by atoms with van der Waals surface area (Å²) in [5.41, 5.74) is 5.85. The number of benzene rings is 3. The van der Waals surface area contributed by atoms with E-state index in [1.165, 1.54) is 19.1 Å². The molecule has 142 valence electrons. The number of nitrogens with zero attached hydrogens (tertiary/aromatic N) is 1. The zero-order valence-corrected chi connectivity index (χ0v) is 14.9. The zero-order valence-electron chi connectivity index (χ0n) is 14.9. The first-order chi connectivity index (χ1) is 13.4. The second-order valence-corrected chi connectivity index (χ2v) is 6.09. The van der Waals surface area contributed by atoms with E-state index in [4.69, 9.17) is 10.5 Å². The zero-order chi connectivity index (χ0) is 20.3. The van der Waals surface area contributed by atoms with Gasteiger partial charge in [0, 0.05) is 28.9 Å². The van der Waals surface area contributed by atoms with Crippen LogP contribution in [0.25, 0.3) is 10.8 Å². The number of hydrogen-bond donors (Lipinski definition) is 2. The molecule has 1 atom stereocenters. The Labute approximate surface area is 160 Å². The monoisotopic (exact) mass is 379 g/mol. The third-order valence-electron chi connectivity index (χ3n) is 4.17. The van der Waals surface area contributed by atoms with Crippen LogP contribution < -0.4 is 11.1 Å². The van der Waals surface area contributed by atoms with Gasteiger partial charge in [0.15, 0.2) is 6.10 Å². The summed E-state index contributed by atoms with van der Waals surface area (Å²) in [6.07, 6.45) is -1.13. The average molecular weight is 379 g/mol. The van der Waals surface area contributed by atoms with Crippen molar-refractivity contribution in [2.45, 2.75) is 13.0 Å². The standard InChI is InChI=1S/C20H17N3O5/c1-12(28-20(25)16-11-14(23(26)27)9-10-17(16)21)19(24)22-18-8-4-6-13-5-2-3-7-15(13)18/h2-12H,21H2,1H3,(H,22,24)/t12-/m0/s1. The first kappa shape index (κ1) is 18.8.